The molecular formula is C50H56O6S2. The Morgan fingerprint density at radius 2 is 1.17 bits per heavy atom. The number of ether oxygens (including phenoxy) is 5. The highest BCUT2D eigenvalue weighted by molar-refractivity contribution is 7.99. The predicted octanol–water partition coefficient (Wildman–Crippen LogP) is 10.9. The number of methoxy groups -OCH3 is 1. The van der Waals surface area contributed by atoms with Gasteiger partial charge in [0.15, 0.2) is 0 Å². The van der Waals surface area contributed by atoms with Crippen LogP contribution >= 0.6 is 23.5 Å². The molecule has 0 spiro atoms. The van der Waals surface area contributed by atoms with Crippen LogP contribution in [0.4, 0.5) is 0 Å². The maximum atomic E-state index is 12.7. The second kappa shape index (κ2) is 22.3. The minimum Gasteiger partial charge on any atom is -0.488 e. The van der Waals surface area contributed by atoms with Crippen molar-refractivity contribution in [2.24, 2.45) is 10.8 Å². The van der Waals surface area contributed by atoms with Gasteiger partial charge in [-0.3, -0.25) is 0 Å². The summed E-state index contributed by atoms with van der Waals surface area (Å²) in [6.45, 7) is 9.76. The van der Waals surface area contributed by atoms with Gasteiger partial charge in [-0.25, -0.2) is 4.79 Å². The summed E-state index contributed by atoms with van der Waals surface area (Å²) in [7, 11) is 1.37. The average Bonchev–Trinajstić information content (AvgIpc) is 3.23. The SMILES string of the molecule is CCC1(COCCCSc2ccc(C#Cc3ccc(OCc4ccc(C#Cc5ccc(SCCCOCC6(CC)COC6)cc5)cc4)c(C(=O)OC)c3)cc2)CCC1. The van der Waals surface area contributed by atoms with Gasteiger partial charge >= 0.3 is 5.97 Å². The Labute approximate surface area is 354 Å². The number of carbonyl (C=O) groups excluding carboxylic acids is 1. The maximum Gasteiger partial charge on any atom is 0.341 e. The maximum absolute atomic E-state index is 12.7. The fraction of sp³-hybridized carbons (Fsp3) is 0.420. The minimum atomic E-state index is -0.471. The first-order valence-electron chi connectivity index (χ1n) is 20.6. The van der Waals surface area contributed by atoms with E-state index in [1.54, 1.807) is 12.1 Å². The van der Waals surface area contributed by atoms with Crippen LogP contribution < -0.4 is 4.74 Å². The number of hydrogen-bond acceptors (Lipinski definition) is 8. The van der Waals surface area contributed by atoms with E-state index in [-0.39, 0.29) is 5.41 Å². The molecule has 2 fully saturated rings. The molecule has 0 aromatic heterocycles. The molecule has 1 saturated carbocycles. The van der Waals surface area contributed by atoms with Crippen LogP contribution in [0.2, 0.25) is 0 Å². The number of hydrogen-bond donors (Lipinski definition) is 0. The fourth-order valence-electron chi connectivity index (χ4n) is 6.74. The van der Waals surface area contributed by atoms with Crippen molar-refractivity contribution in [2.75, 3.05) is 58.3 Å². The van der Waals surface area contributed by atoms with E-state index in [2.05, 4.69) is 73.9 Å². The highest BCUT2D eigenvalue weighted by Gasteiger charge is 2.37. The highest BCUT2D eigenvalue weighted by Crippen LogP contribution is 2.44. The molecule has 6 nitrogen and oxygen atoms in total. The lowest BCUT2D eigenvalue weighted by atomic mass is 9.68. The van der Waals surface area contributed by atoms with Crippen LogP contribution in [0, 0.1) is 34.5 Å². The van der Waals surface area contributed by atoms with Crippen LogP contribution in [-0.2, 0) is 25.6 Å². The van der Waals surface area contributed by atoms with Gasteiger partial charge in [-0.15, -0.1) is 23.5 Å². The first-order chi connectivity index (χ1) is 28.4. The lowest BCUT2D eigenvalue weighted by Gasteiger charge is -2.40. The van der Waals surface area contributed by atoms with Crippen molar-refractivity contribution in [2.45, 2.75) is 75.2 Å². The molecule has 6 rings (SSSR count). The standard InChI is InChI=1S/C50H56O6S2/c1-4-49(27-6-28-49)35-53-29-7-31-57-45-24-19-41(20-25-45)11-14-42-21-26-47(46(33-42)48(51)52-3)56-34-43-15-12-39(13-16-43)9-10-40-17-22-44(23-18-40)58-32-8-30-54-36-50(5-2)37-55-38-50/h12-13,15-26,33H,4-8,27-32,34-38H2,1-3H3. The molecular weight excluding hydrogens is 761 g/mol. The summed E-state index contributed by atoms with van der Waals surface area (Å²) in [5, 5.41) is 0. The minimum absolute atomic E-state index is 0.251. The summed E-state index contributed by atoms with van der Waals surface area (Å²) >= 11 is 3.68. The number of esters is 1. The van der Waals surface area contributed by atoms with Crippen molar-refractivity contribution >= 4 is 29.5 Å². The van der Waals surface area contributed by atoms with Gasteiger partial charge in [0.2, 0.25) is 0 Å². The fourth-order valence-corrected chi connectivity index (χ4v) is 8.40. The number of rotatable bonds is 20. The molecule has 0 atom stereocenters. The van der Waals surface area contributed by atoms with Gasteiger partial charge < -0.3 is 23.7 Å². The van der Waals surface area contributed by atoms with Gasteiger partial charge in [0.05, 0.1) is 33.5 Å². The summed E-state index contributed by atoms with van der Waals surface area (Å²) in [5.41, 5.74) is 5.51. The Morgan fingerprint density at radius 1 is 0.672 bits per heavy atom. The van der Waals surface area contributed by atoms with E-state index in [1.807, 2.05) is 66.0 Å². The number of benzene rings is 4. The molecule has 1 aliphatic carbocycles. The molecule has 0 N–H and O–H groups in total. The van der Waals surface area contributed by atoms with Crippen molar-refractivity contribution < 1.29 is 28.5 Å². The van der Waals surface area contributed by atoms with E-state index in [1.165, 1.54) is 42.6 Å². The smallest absolute Gasteiger partial charge is 0.341 e. The third kappa shape index (κ3) is 12.9. The van der Waals surface area contributed by atoms with Gasteiger partial charge in [0.1, 0.15) is 17.9 Å². The quantitative estimate of drug-likeness (QED) is 0.0378. The van der Waals surface area contributed by atoms with Crippen molar-refractivity contribution in [1.82, 2.24) is 0 Å². The molecule has 1 heterocycles. The van der Waals surface area contributed by atoms with E-state index < -0.39 is 5.97 Å². The molecule has 4 aromatic carbocycles. The zero-order valence-electron chi connectivity index (χ0n) is 34.2. The lowest BCUT2D eigenvalue weighted by molar-refractivity contribution is -0.150. The molecule has 0 amide bonds. The molecule has 0 unspecified atom stereocenters. The third-order valence-electron chi connectivity index (χ3n) is 11.1. The lowest BCUT2D eigenvalue weighted by Crippen LogP contribution is -2.45. The highest BCUT2D eigenvalue weighted by atomic mass is 32.2. The summed E-state index contributed by atoms with van der Waals surface area (Å²) in [6.07, 6.45) is 8.39. The zero-order chi connectivity index (χ0) is 40.5. The molecule has 4 aromatic rings. The third-order valence-corrected chi connectivity index (χ3v) is 13.3. The largest absolute Gasteiger partial charge is 0.488 e. The monoisotopic (exact) mass is 816 g/mol. The number of thioether (sulfide) groups is 2. The molecule has 1 saturated heterocycles. The molecule has 2 aliphatic rings. The molecule has 1 aliphatic heterocycles. The van der Waals surface area contributed by atoms with Gasteiger partial charge in [0, 0.05) is 62.2 Å². The Balaban J connectivity index is 0.925. The second-order valence-corrected chi connectivity index (χ2v) is 17.6. The van der Waals surface area contributed by atoms with E-state index in [9.17, 15) is 4.79 Å². The normalized spacial score (nSPS) is 14.8. The van der Waals surface area contributed by atoms with Crippen LogP contribution in [0.3, 0.4) is 0 Å². The Morgan fingerprint density at radius 3 is 1.64 bits per heavy atom. The van der Waals surface area contributed by atoms with Crippen LogP contribution in [0.5, 0.6) is 5.75 Å². The van der Waals surface area contributed by atoms with E-state index in [0.29, 0.717) is 28.9 Å². The Kier molecular flexibility index (Phi) is 16.7. The molecule has 0 bridgehead atoms. The van der Waals surface area contributed by atoms with Gasteiger partial charge in [-0.1, -0.05) is 56.1 Å². The molecule has 0 radical (unpaired) electrons. The summed E-state index contributed by atoms with van der Waals surface area (Å²) in [5.74, 6) is 15.0. The van der Waals surface area contributed by atoms with Gasteiger partial charge in [0.25, 0.3) is 0 Å². The van der Waals surface area contributed by atoms with Crippen LogP contribution in [0.15, 0.2) is 101 Å². The Bertz CT molecular complexity index is 2020. The van der Waals surface area contributed by atoms with E-state index in [0.717, 1.165) is 92.7 Å². The summed E-state index contributed by atoms with van der Waals surface area (Å²) in [6, 6.07) is 30.0. The Hall–Kier alpha value is -4.15. The average molecular weight is 817 g/mol. The topological polar surface area (TPSA) is 63.2 Å². The van der Waals surface area contributed by atoms with Crippen molar-refractivity contribution in [3.63, 3.8) is 0 Å². The van der Waals surface area contributed by atoms with Gasteiger partial charge in [-0.2, -0.15) is 0 Å². The van der Waals surface area contributed by atoms with Crippen LogP contribution in [-0.4, -0.2) is 64.2 Å². The van der Waals surface area contributed by atoms with E-state index in [4.69, 9.17) is 23.7 Å². The van der Waals surface area contributed by atoms with E-state index >= 15 is 0 Å². The zero-order valence-corrected chi connectivity index (χ0v) is 35.9. The van der Waals surface area contributed by atoms with Gasteiger partial charge in [-0.05, 0) is 128 Å². The molecule has 304 valence electrons. The first-order valence-corrected chi connectivity index (χ1v) is 22.5. The van der Waals surface area contributed by atoms with Crippen molar-refractivity contribution in [1.29, 1.82) is 0 Å². The molecule has 8 heteroatoms. The van der Waals surface area contributed by atoms with Crippen LogP contribution in [0.25, 0.3) is 0 Å². The first kappa shape index (κ1) is 43.4. The molecule has 58 heavy (non-hydrogen) atoms. The summed E-state index contributed by atoms with van der Waals surface area (Å²) < 4.78 is 28.5. The van der Waals surface area contributed by atoms with Crippen molar-refractivity contribution in [3.05, 3.63) is 124 Å². The summed E-state index contributed by atoms with van der Waals surface area (Å²) in [4.78, 5) is 15.2. The number of carbonyl (C=O) groups is 1. The van der Waals surface area contributed by atoms with Crippen LogP contribution in [0.1, 0.15) is 97.0 Å². The second-order valence-electron chi connectivity index (χ2n) is 15.3. The predicted molar refractivity (Wildman–Crippen MR) is 236 cm³/mol. The van der Waals surface area contributed by atoms with Crippen molar-refractivity contribution in [3.8, 4) is 29.4 Å².